The number of aromatic nitrogens is 1. The fourth-order valence-corrected chi connectivity index (χ4v) is 13.2. The molecule has 2 aliphatic rings. The first-order valence-electron chi connectivity index (χ1n) is 26.7. The van der Waals surface area contributed by atoms with Crippen LogP contribution in [0.1, 0.15) is 55.5 Å². The maximum Gasteiger partial charge on any atom is 0.0561 e. The Hall–Kier alpha value is -9.18. The molecule has 0 atom stereocenters. The van der Waals surface area contributed by atoms with Crippen LogP contribution in [0.5, 0.6) is 0 Å². The lowest BCUT2D eigenvalue weighted by atomic mass is 9.82. The fraction of sp³-hybridized carbons (Fsp3) is 0.0959. The van der Waals surface area contributed by atoms with E-state index in [0.717, 1.165) is 45.3 Å². The van der Waals surface area contributed by atoms with Gasteiger partial charge in [-0.05, 0) is 181 Å². The summed E-state index contributed by atoms with van der Waals surface area (Å²) in [4.78, 5) is 4.92. The number of anilines is 6. The summed E-state index contributed by atoms with van der Waals surface area (Å²) in [6, 6.07) is 91.2. The number of hydrogen-bond acceptors (Lipinski definition) is 2. The van der Waals surface area contributed by atoms with Gasteiger partial charge in [-0.1, -0.05) is 179 Å². The third-order valence-corrected chi connectivity index (χ3v) is 17.1. The monoisotopic (exact) mass is 973 g/mol. The van der Waals surface area contributed by atoms with Crippen molar-refractivity contribution in [2.75, 3.05) is 9.80 Å². The summed E-state index contributed by atoms with van der Waals surface area (Å²) in [5.41, 5.74) is 21.9. The molecule has 0 N–H and O–H groups in total. The summed E-state index contributed by atoms with van der Waals surface area (Å²) in [7, 11) is 0. The second-order valence-electron chi connectivity index (χ2n) is 22.3. The Bertz CT molecular complexity index is 4550. The van der Waals surface area contributed by atoms with Gasteiger partial charge in [-0.25, -0.2) is 0 Å². The van der Waals surface area contributed by atoms with Gasteiger partial charge in [-0.15, -0.1) is 0 Å². The zero-order valence-electron chi connectivity index (χ0n) is 43.4. The van der Waals surface area contributed by atoms with Crippen molar-refractivity contribution in [3.8, 4) is 27.9 Å². The van der Waals surface area contributed by atoms with E-state index in [4.69, 9.17) is 0 Å². The number of fused-ring (bicyclic) bond motifs is 12. The van der Waals surface area contributed by atoms with Gasteiger partial charge in [-0.3, -0.25) is 0 Å². The molecule has 1 aromatic heterocycles. The SMILES string of the molecule is Cc1ccc(-n2c3cc(N(c4ccc5c(c4)C(C)(C)c4ccccc4-5)c4ccc5ccccc5c4)ccc3c3cc4ccc(N(c5ccc6c(c5)C(C)(C)c5ccccc5-6)c5ccc6ccccc6c5)cc4cc32)cc1. The number of hydrogen-bond donors (Lipinski definition) is 0. The minimum atomic E-state index is -0.141. The van der Waals surface area contributed by atoms with Crippen LogP contribution in [0.3, 0.4) is 0 Å². The molecule has 0 bridgehead atoms. The summed E-state index contributed by atoms with van der Waals surface area (Å²) in [5, 5.41) is 9.71. The quantitative estimate of drug-likeness (QED) is 0.158. The van der Waals surface area contributed by atoms with E-state index in [1.165, 1.54) is 98.7 Å². The summed E-state index contributed by atoms with van der Waals surface area (Å²) in [6.07, 6.45) is 0. The van der Waals surface area contributed by atoms with Crippen LogP contribution in [0.25, 0.3) is 82.1 Å². The smallest absolute Gasteiger partial charge is 0.0561 e. The van der Waals surface area contributed by atoms with Crippen molar-refractivity contribution in [1.82, 2.24) is 4.57 Å². The molecular formula is C73H55N3. The summed E-state index contributed by atoms with van der Waals surface area (Å²) in [5.74, 6) is 0. The first kappa shape index (κ1) is 44.3. The van der Waals surface area contributed by atoms with Crippen LogP contribution < -0.4 is 9.80 Å². The molecule has 0 unspecified atom stereocenters. The van der Waals surface area contributed by atoms with E-state index in [2.05, 4.69) is 292 Å². The zero-order chi connectivity index (χ0) is 51.0. The lowest BCUT2D eigenvalue weighted by Crippen LogP contribution is -2.16. The predicted octanol–water partition coefficient (Wildman–Crippen LogP) is 20.1. The first-order chi connectivity index (χ1) is 37.1. The van der Waals surface area contributed by atoms with Crippen molar-refractivity contribution in [3.05, 3.63) is 270 Å². The van der Waals surface area contributed by atoms with Gasteiger partial charge >= 0.3 is 0 Å². The molecule has 3 heteroatoms. The fourth-order valence-electron chi connectivity index (χ4n) is 13.2. The van der Waals surface area contributed by atoms with Gasteiger partial charge in [0.1, 0.15) is 0 Å². The van der Waals surface area contributed by atoms with Gasteiger partial charge in [0.05, 0.1) is 11.0 Å². The van der Waals surface area contributed by atoms with Crippen LogP contribution in [0.2, 0.25) is 0 Å². The topological polar surface area (TPSA) is 11.4 Å². The molecule has 0 spiro atoms. The van der Waals surface area contributed by atoms with Crippen LogP contribution in [0, 0.1) is 6.92 Å². The lowest BCUT2D eigenvalue weighted by Gasteiger charge is -2.28. The molecule has 13 aromatic rings. The van der Waals surface area contributed by atoms with Gasteiger partial charge in [0, 0.05) is 61.4 Å². The van der Waals surface area contributed by atoms with Crippen LogP contribution in [0.15, 0.2) is 243 Å². The predicted molar refractivity (Wildman–Crippen MR) is 323 cm³/mol. The Balaban J connectivity index is 0.927. The molecule has 0 aliphatic heterocycles. The molecule has 0 amide bonds. The highest BCUT2D eigenvalue weighted by Crippen LogP contribution is 2.53. The summed E-state index contributed by atoms with van der Waals surface area (Å²) < 4.78 is 2.49. The molecule has 3 nitrogen and oxygen atoms in total. The molecule has 15 rings (SSSR count). The van der Waals surface area contributed by atoms with E-state index in [9.17, 15) is 0 Å². The highest BCUT2D eigenvalue weighted by molar-refractivity contribution is 6.15. The molecule has 76 heavy (non-hydrogen) atoms. The normalized spacial score (nSPS) is 13.8. The molecule has 0 fully saturated rings. The summed E-state index contributed by atoms with van der Waals surface area (Å²) in [6.45, 7) is 11.6. The van der Waals surface area contributed by atoms with Gasteiger partial charge in [0.15, 0.2) is 0 Å². The Kier molecular flexibility index (Phi) is 9.57. The molecule has 0 radical (unpaired) electrons. The van der Waals surface area contributed by atoms with E-state index < -0.39 is 0 Å². The first-order valence-corrected chi connectivity index (χ1v) is 26.7. The molecule has 0 saturated carbocycles. The number of nitrogens with zero attached hydrogens (tertiary/aromatic N) is 3. The number of aryl methyl sites for hydroxylation is 1. The molecule has 0 saturated heterocycles. The Labute approximate surface area is 444 Å². The van der Waals surface area contributed by atoms with Crippen molar-refractivity contribution in [1.29, 1.82) is 0 Å². The molecule has 2 aliphatic carbocycles. The van der Waals surface area contributed by atoms with Crippen molar-refractivity contribution < 1.29 is 0 Å². The molecule has 362 valence electrons. The van der Waals surface area contributed by atoms with Gasteiger partial charge in [0.2, 0.25) is 0 Å². The standard InChI is InChI=1S/C73H55N3/c1-46-22-27-53(28-23-46)76-70-42-52-40-56(74(54-29-24-47-14-6-8-16-49(47)38-54)57-32-35-62-60-18-10-12-20-66(60)72(2,3)68(62)43-57)31-26-51(52)41-65(70)64-37-34-59(45-71(64)76)75(55-30-25-48-15-7-9-17-50(48)39-55)58-33-36-63-61-19-11-13-21-67(61)73(4,5)69(63)44-58/h6-45H,1-5H3. The lowest BCUT2D eigenvalue weighted by molar-refractivity contribution is 0.660. The average molecular weight is 974 g/mol. The molecule has 1 heterocycles. The van der Waals surface area contributed by atoms with E-state index in [0.29, 0.717) is 0 Å². The van der Waals surface area contributed by atoms with Crippen molar-refractivity contribution >= 4 is 88.2 Å². The Morgan fingerprint density at radius 2 is 0.684 bits per heavy atom. The second-order valence-corrected chi connectivity index (χ2v) is 22.3. The van der Waals surface area contributed by atoms with E-state index in [1.807, 2.05) is 0 Å². The number of rotatable bonds is 7. The van der Waals surface area contributed by atoms with Gasteiger partial charge < -0.3 is 14.4 Å². The van der Waals surface area contributed by atoms with Crippen LogP contribution in [-0.4, -0.2) is 4.57 Å². The third kappa shape index (κ3) is 6.68. The Morgan fingerprint density at radius 3 is 1.24 bits per heavy atom. The minimum absolute atomic E-state index is 0.133. The third-order valence-electron chi connectivity index (χ3n) is 17.1. The summed E-state index contributed by atoms with van der Waals surface area (Å²) >= 11 is 0. The average Bonchev–Trinajstić information content (AvgIpc) is 4.12. The minimum Gasteiger partial charge on any atom is -0.310 e. The van der Waals surface area contributed by atoms with E-state index >= 15 is 0 Å². The second kappa shape index (κ2) is 16.4. The van der Waals surface area contributed by atoms with Crippen LogP contribution >= 0.6 is 0 Å². The van der Waals surface area contributed by atoms with Crippen LogP contribution in [-0.2, 0) is 10.8 Å². The zero-order valence-corrected chi connectivity index (χ0v) is 43.4. The highest BCUT2D eigenvalue weighted by Gasteiger charge is 2.37. The van der Waals surface area contributed by atoms with Crippen LogP contribution in [0.4, 0.5) is 34.1 Å². The molecular weight excluding hydrogens is 919 g/mol. The van der Waals surface area contributed by atoms with Gasteiger partial charge in [-0.2, -0.15) is 0 Å². The maximum atomic E-state index is 2.49. The highest BCUT2D eigenvalue weighted by atomic mass is 15.2. The van der Waals surface area contributed by atoms with Crippen molar-refractivity contribution in [3.63, 3.8) is 0 Å². The van der Waals surface area contributed by atoms with E-state index in [-0.39, 0.29) is 10.8 Å². The largest absolute Gasteiger partial charge is 0.310 e. The van der Waals surface area contributed by atoms with Crippen molar-refractivity contribution in [2.45, 2.75) is 45.4 Å². The maximum absolute atomic E-state index is 2.49. The van der Waals surface area contributed by atoms with Crippen molar-refractivity contribution in [2.24, 2.45) is 0 Å². The van der Waals surface area contributed by atoms with E-state index in [1.54, 1.807) is 0 Å². The molecule has 12 aromatic carbocycles. The number of benzene rings is 12. The Morgan fingerprint density at radius 1 is 0.289 bits per heavy atom. The van der Waals surface area contributed by atoms with Gasteiger partial charge in [0.25, 0.3) is 0 Å².